The fourth-order valence-electron chi connectivity index (χ4n) is 2.27. The van der Waals surface area contributed by atoms with Gasteiger partial charge in [-0.15, -0.1) is 10.2 Å². The Morgan fingerprint density at radius 1 is 1.39 bits per heavy atom. The first-order valence-corrected chi connectivity index (χ1v) is 8.30. The van der Waals surface area contributed by atoms with Gasteiger partial charge in [0.15, 0.2) is 0 Å². The molecule has 0 aliphatic rings. The van der Waals surface area contributed by atoms with Crippen LogP contribution < -0.4 is 4.72 Å². The van der Waals surface area contributed by atoms with Crippen LogP contribution in [-0.2, 0) is 21.8 Å². The number of rotatable bonds is 5. The molecule has 2 aromatic rings. The van der Waals surface area contributed by atoms with Crippen molar-refractivity contribution in [2.24, 2.45) is 7.05 Å². The molecule has 9 heteroatoms. The molecule has 0 aliphatic heterocycles. The van der Waals surface area contributed by atoms with Crippen LogP contribution in [0.2, 0.25) is 0 Å². The van der Waals surface area contributed by atoms with Crippen LogP contribution in [0.3, 0.4) is 0 Å². The maximum absolute atomic E-state index is 12.6. The summed E-state index contributed by atoms with van der Waals surface area (Å²) in [6.07, 6.45) is 1.49. The van der Waals surface area contributed by atoms with E-state index in [-0.39, 0.29) is 10.5 Å². The standard InChI is InChI=1S/C14H18N4O4S/c1-9-11(14(19)22-4)6-5-7-12(9)23(20,21)17-10(2)13-16-15-8-18(13)3/h5-8,10,17H,1-4H3/t10-/m1/s1. The lowest BCUT2D eigenvalue weighted by molar-refractivity contribution is 0.0599. The molecule has 1 aromatic carbocycles. The summed E-state index contributed by atoms with van der Waals surface area (Å²) in [4.78, 5) is 11.7. The minimum atomic E-state index is -3.84. The van der Waals surface area contributed by atoms with Crippen molar-refractivity contribution in [2.75, 3.05) is 7.11 Å². The van der Waals surface area contributed by atoms with Gasteiger partial charge in [0.1, 0.15) is 12.2 Å². The lowest BCUT2D eigenvalue weighted by atomic mass is 10.1. The maximum Gasteiger partial charge on any atom is 0.338 e. The Bertz CT molecular complexity index is 829. The highest BCUT2D eigenvalue weighted by Gasteiger charge is 2.24. The van der Waals surface area contributed by atoms with E-state index in [4.69, 9.17) is 0 Å². The first-order valence-electron chi connectivity index (χ1n) is 6.82. The zero-order valence-electron chi connectivity index (χ0n) is 13.3. The second-order valence-electron chi connectivity index (χ2n) is 5.06. The van der Waals surface area contributed by atoms with Gasteiger partial charge < -0.3 is 9.30 Å². The molecule has 0 spiro atoms. The van der Waals surface area contributed by atoms with Crippen LogP contribution in [0.4, 0.5) is 0 Å². The van der Waals surface area contributed by atoms with Gasteiger partial charge in [0.2, 0.25) is 10.0 Å². The van der Waals surface area contributed by atoms with E-state index < -0.39 is 22.0 Å². The number of nitrogens with one attached hydrogen (secondary N) is 1. The van der Waals surface area contributed by atoms with Crippen LogP contribution in [0.15, 0.2) is 29.4 Å². The zero-order valence-corrected chi connectivity index (χ0v) is 14.1. The van der Waals surface area contributed by atoms with Crippen molar-refractivity contribution < 1.29 is 17.9 Å². The van der Waals surface area contributed by atoms with Crippen molar-refractivity contribution in [1.82, 2.24) is 19.5 Å². The van der Waals surface area contributed by atoms with Crippen molar-refractivity contribution in [3.63, 3.8) is 0 Å². The van der Waals surface area contributed by atoms with Crippen LogP contribution in [0.25, 0.3) is 0 Å². The first-order chi connectivity index (χ1) is 10.8. The normalized spacial score (nSPS) is 12.9. The Morgan fingerprint density at radius 2 is 2.09 bits per heavy atom. The Labute approximate surface area is 134 Å². The second kappa shape index (κ2) is 6.47. The number of aromatic nitrogens is 3. The number of hydrogen-bond donors (Lipinski definition) is 1. The molecule has 8 nitrogen and oxygen atoms in total. The van der Waals surface area contributed by atoms with Gasteiger partial charge in [0.25, 0.3) is 0 Å². The van der Waals surface area contributed by atoms with E-state index in [0.29, 0.717) is 11.4 Å². The molecule has 23 heavy (non-hydrogen) atoms. The number of benzene rings is 1. The van der Waals surface area contributed by atoms with E-state index >= 15 is 0 Å². The number of esters is 1. The van der Waals surface area contributed by atoms with Gasteiger partial charge in [-0.25, -0.2) is 17.9 Å². The van der Waals surface area contributed by atoms with Gasteiger partial charge in [-0.1, -0.05) is 6.07 Å². The summed E-state index contributed by atoms with van der Waals surface area (Å²) in [5.74, 6) is -0.101. The third-order valence-electron chi connectivity index (χ3n) is 3.44. The van der Waals surface area contributed by atoms with E-state index in [9.17, 15) is 13.2 Å². The summed E-state index contributed by atoms with van der Waals surface area (Å²) in [6.45, 7) is 3.23. The van der Waals surface area contributed by atoms with Gasteiger partial charge in [-0.3, -0.25) is 0 Å². The molecule has 0 bridgehead atoms. The van der Waals surface area contributed by atoms with Crippen LogP contribution in [0.5, 0.6) is 0 Å². The summed E-state index contributed by atoms with van der Waals surface area (Å²) < 4.78 is 34.1. The largest absolute Gasteiger partial charge is 0.465 e. The fraction of sp³-hybridized carbons (Fsp3) is 0.357. The highest BCUT2D eigenvalue weighted by molar-refractivity contribution is 7.89. The monoisotopic (exact) mass is 338 g/mol. The van der Waals surface area contributed by atoms with Crippen molar-refractivity contribution in [3.8, 4) is 0 Å². The van der Waals surface area contributed by atoms with Crippen LogP contribution in [0.1, 0.15) is 34.7 Å². The summed E-state index contributed by atoms with van der Waals surface area (Å²) in [7, 11) is -0.863. The predicted octanol–water partition coefficient (Wildman–Crippen LogP) is 0.950. The summed E-state index contributed by atoms with van der Waals surface area (Å²) in [5, 5.41) is 7.62. The fourth-order valence-corrected chi connectivity index (χ4v) is 3.74. The van der Waals surface area contributed by atoms with E-state index in [1.807, 2.05) is 0 Å². The molecule has 124 valence electrons. The molecule has 0 unspecified atom stereocenters. The minimum absolute atomic E-state index is 0.0226. The Kier molecular flexibility index (Phi) is 4.81. The molecule has 0 radical (unpaired) electrons. The number of methoxy groups -OCH3 is 1. The average molecular weight is 338 g/mol. The van der Waals surface area contributed by atoms with Gasteiger partial charge in [0.05, 0.1) is 23.6 Å². The van der Waals surface area contributed by atoms with Gasteiger partial charge in [0, 0.05) is 7.05 Å². The molecule has 0 aliphatic carbocycles. The summed E-state index contributed by atoms with van der Waals surface area (Å²) >= 11 is 0. The molecular weight excluding hydrogens is 320 g/mol. The molecule has 1 N–H and O–H groups in total. The lowest BCUT2D eigenvalue weighted by Gasteiger charge is -2.15. The number of carbonyl (C=O) groups excluding carboxylic acids is 1. The maximum atomic E-state index is 12.6. The zero-order chi connectivity index (χ0) is 17.2. The predicted molar refractivity (Wildman–Crippen MR) is 82.3 cm³/mol. The summed E-state index contributed by atoms with van der Waals surface area (Å²) in [5.41, 5.74) is 0.540. The molecule has 1 heterocycles. The number of nitrogens with zero attached hydrogens (tertiary/aromatic N) is 3. The van der Waals surface area contributed by atoms with E-state index in [2.05, 4.69) is 19.7 Å². The van der Waals surface area contributed by atoms with Crippen molar-refractivity contribution >= 4 is 16.0 Å². The van der Waals surface area contributed by atoms with Crippen LogP contribution in [-0.4, -0.2) is 36.3 Å². The van der Waals surface area contributed by atoms with Crippen LogP contribution in [0, 0.1) is 6.92 Å². The van der Waals surface area contributed by atoms with Gasteiger partial charge >= 0.3 is 5.97 Å². The smallest absolute Gasteiger partial charge is 0.338 e. The molecule has 0 saturated carbocycles. The lowest BCUT2D eigenvalue weighted by Crippen LogP contribution is -2.29. The highest BCUT2D eigenvalue weighted by Crippen LogP contribution is 2.21. The second-order valence-corrected chi connectivity index (χ2v) is 6.75. The van der Waals surface area contributed by atoms with Crippen molar-refractivity contribution in [1.29, 1.82) is 0 Å². The van der Waals surface area contributed by atoms with E-state index in [1.165, 1.54) is 31.6 Å². The topological polar surface area (TPSA) is 103 Å². The number of aryl methyl sites for hydroxylation is 1. The first kappa shape index (κ1) is 17.1. The highest BCUT2D eigenvalue weighted by atomic mass is 32.2. The Morgan fingerprint density at radius 3 is 2.65 bits per heavy atom. The van der Waals surface area contributed by atoms with E-state index in [1.54, 1.807) is 25.5 Å². The number of ether oxygens (including phenoxy) is 1. The van der Waals surface area contributed by atoms with E-state index in [0.717, 1.165) is 0 Å². The molecule has 0 fully saturated rings. The minimum Gasteiger partial charge on any atom is -0.465 e. The third-order valence-corrected chi connectivity index (χ3v) is 5.13. The molecule has 1 aromatic heterocycles. The molecule has 0 amide bonds. The molecule has 0 saturated heterocycles. The number of hydrogen-bond acceptors (Lipinski definition) is 6. The molecular formula is C14H18N4O4S. The molecule has 1 atom stereocenters. The number of carbonyl (C=O) groups is 1. The van der Waals surface area contributed by atoms with Crippen molar-refractivity contribution in [3.05, 3.63) is 41.5 Å². The van der Waals surface area contributed by atoms with Gasteiger partial charge in [-0.2, -0.15) is 0 Å². The Hall–Kier alpha value is -2.26. The SMILES string of the molecule is COC(=O)c1cccc(S(=O)(=O)N[C@H](C)c2nncn2C)c1C. The van der Waals surface area contributed by atoms with Crippen molar-refractivity contribution in [2.45, 2.75) is 24.8 Å². The quantitative estimate of drug-likeness (QED) is 0.814. The average Bonchev–Trinajstić information content (AvgIpc) is 2.92. The summed E-state index contributed by atoms with van der Waals surface area (Å²) in [6, 6.07) is 3.88. The third kappa shape index (κ3) is 3.40. The molecule has 2 rings (SSSR count). The van der Waals surface area contributed by atoms with Gasteiger partial charge in [-0.05, 0) is 31.5 Å². The van der Waals surface area contributed by atoms with Crippen LogP contribution >= 0.6 is 0 Å². The number of sulfonamides is 1. The Balaban J connectivity index is 2.37.